The van der Waals surface area contributed by atoms with Gasteiger partial charge in [0.25, 0.3) is 5.56 Å². The van der Waals surface area contributed by atoms with Crippen LogP contribution in [0.5, 0.6) is 0 Å². The van der Waals surface area contributed by atoms with Crippen molar-refractivity contribution in [2.75, 3.05) is 43.4 Å². The lowest BCUT2D eigenvalue weighted by molar-refractivity contribution is 0.0879. The minimum atomic E-state index is -3.47. The summed E-state index contributed by atoms with van der Waals surface area (Å²) in [7, 11) is -3.47. The summed E-state index contributed by atoms with van der Waals surface area (Å²) in [6, 6.07) is 9.24. The van der Waals surface area contributed by atoms with E-state index in [0.717, 1.165) is 48.8 Å². The molecule has 2 fully saturated rings. The molecule has 7 nitrogen and oxygen atoms in total. The summed E-state index contributed by atoms with van der Waals surface area (Å²) < 4.78 is 27.5. The zero-order chi connectivity index (χ0) is 26.9. The summed E-state index contributed by atoms with van der Waals surface area (Å²) in [6.07, 6.45) is 4.10. The van der Waals surface area contributed by atoms with Crippen molar-refractivity contribution in [1.82, 2.24) is 19.4 Å². The normalized spacial score (nSPS) is 18.3. The number of sulfone groups is 1. The molecule has 2 aromatic carbocycles. The van der Waals surface area contributed by atoms with Gasteiger partial charge in [-0.3, -0.25) is 19.2 Å². The molecule has 0 atom stereocenters. The maximum Gasteiger partial charge on any atom is 0.261 e. The van der Waals surface area contributed by atoms with E-state index < -0.39 is 9.84 Å². The molecular formula is C27H32BrClN4O3S2. The first kappa shape index (κ1) is 28.1. The summed E-state index contributed by atoms with van der Waals surface area (Å²) in [5.74, 6) is 2.53. The highest BCUT2D eigenvalue weighted by atomic mass is 79.9. The first-order valence-electron chi connectivity index (χ1n) is 13.0. The molecule has 2 saturated heterocycles. The molecule has 2 aliphatic rings. The predicted octanol–water partition coefficient (Wildman–Crippen LogP) is 4.67. The third kappa shape index (κ3) is 6.15. The van der Waals surface area contributed by atoms with E-state index in [0.29, 0.717) is 21.5 Å². The van der Waals surface area contributed by atoms with E-state index in [1.54, 1.807) is 19.1 Å². The van der Waals surface area contributed by atoms with E-state index in [-0.39, 0.29) is 22.8 Å². The Morgan fingerprint density at radius 1 is 1.05 bits per heavy atom. The Morgan fingerprint density at radius 3 is 2.50 bits per heavy atom. The van der Waals surface area contributed by atoms with Crippen LogP contribution in [-0.2, 0) is 22.9 Å². The third-order valence-electron chi connectivity index (χ3n) is 7.58. The van der Waals surface area contributed by atoms with Crippen LogP contribution >= 0.6 is 39.3 Å². The van der Waals surface area contributed by atoms with Crippen LogP contribution in [0.2, 0.25) is 5.02 Å². The van der Waals surface area contributed by atoms with Gasteiger partial charge in [0.15, 0.2) is 9.84 Å². The highest BCUT2D eigenvalue weighted by Gasteiger charge is 2.26. The zero-order valence-electron chi connectivity index (χ0n) is 21.4. The number of piperazine rings is 1. The molecule has 204 valence electrons. The van der Waals surface area contributed by atoms with Gasteiger partial charge < -0.3 is 0 Å². The second-order valence-electron chi connectivity index (χ2n) is 9.95. The number of hydrogen-bond donors (Lipinski definition) is 0. The summed E-state index contributed by atoms with van der Waals surface area (Å²) in [4.78, 5) is 23.3. The molecule has 0 spiro atoms. The molecule has 3 aromatic rings. The largest absolute Gasteiger partial charge is 0.298 e. The van der Waals surface area contributed by atoms with Crippen LogP contribution < -0.4 is 5.56 Å². The quantitative estimate of drug-likeness (QED) is 0.372. The molecule has 0 aliphatic carbocycles. The van der Waals surface area contributed by atoms with Crippen molar-refractivity contribution in [3.8, 4) is 0 Å². The molecule has 0 radical (unpaired) electrons. The molecule has 0 saturated carbocycles. The van der Waals surface area contributed by atoms with Crippen LogP contribution in [0.15, 0.2) is 50.8 Å². The van der Waals surface area contributed by atoms with Gasteiger partial charge in [-0.2, -0.15) is 11.8 Å². The Labute approximate surface area is 241 Å². The summed E-state index contributed by atoms with van der Waals surface area (Å²) in [5.41, 5.74) is 2.00. The predicted molar refractivity (Wildman–Crippen MR) is 159 cm³/mol. The average Bonchev–Trinajstić information content (AvgIpc) is 2.92. The molecule has 0 N–H and O–H groups in total. The number of benzene rings is 2. The second kappa shape index (κ2) is 12.0. The Balaban J connectivity index is 1.34. The van der Waals surface area contributed by atoms with E-state index >= 15 is 0 Å². The Hall–Kier alpha value is -1.43. The Morgan fingerprint density at radius 2 is 1.79 bits per heavy atom. The molecule has 11 heteroatoms. The van der Waals surface area contributed by atoms with Crippen LogP contribution in [0.25, 0.3) is 10.9 Å². The van der Waals surface area contributed by atoms with Gasteiger partial charge in [0, 0.05) is 48.3 Å². The fourth-order valence-corrected chi connectivity index (χ4v) is 8.20. The lowest BCUT2D eigenvalue weighted by Crippen LogP contribution is -2.50. The molecule has 0 unspecified atom stereocenters. The van der Waals surface area contributed by atoms with Gasteiger partial charge >= 0.3 is 0 Å². The molecule has 2 aliphatic heterocycles. The number of thioether (sulfide) groups is 1. The van der Waals surface area contributed by atoms with Crippen molar-refractivity contribution in [2.24, 2.45) is 0 Å². The standard InChI is InChI=1S/C27H32BrClN4O3S2/c1-2-38(35,36)26-4-3-21(29)13-20(26)17-33-18-30-25-14-19(24(28)15-23(25)27(33)34)16-31-7-9-32(10-8-31)22-5-11-37-12-6-22/h3-4,13-15,18,22H,2,5-12,16-17H2,1H3. The smallest absolute Gasteiger partial charge is 0.261 e. The highest BCUT2D eigenvalue weighted by Crippen LogP contribution is 2.27. The van der Waals surface area contributed by atoms with E-state index in [4.69, 9.17) is 11.6 Å². The van der Waals surface area contributed by atoms with Crippen molar-refractivity contribution in [3.63, 3.8) is 0 Å². The van der Waals surface area contributed by atoms with E-state index in [2.05, 4.69) is 42.5 Å². The fourth-order valence-electron chi connectivity index (χ4n) is 5.35. The van der Waals surface area contributed by atoms with Gasteiger partial charge in [0.1, 0.15) is 0 Å². The van der Waals surface area contributed by atoms with Gasteiger partial charge in [-0.1, -0.05) is 34.5 Å². The van der Waals surface area contributed by atoms with Gasteiger partial charge in [-0.05, 0) is 65.8 Å². The fraction of sp³-hybridized carbons (Fsp3) is 0.481. The van der Waals surface area contributed by atoms with E-state index in [1.165, 1.54) is 41.3 Å². The summed E-state index contributed by atoms with van der Waals surface area (Å²) in [5, 5.41) is 0.910. The number of aromatic nitrogens is 2. The number of nitrogens with zero attached hydrogens (tertiary/aromatic N) is 4. The van der Waals surface area contributed by atoms with Gasteiger partial charge in [-0.15, -0.1) is 0 Å². The summed E-state index contributed by atoms with van der Waals surface area (Å²) in [6.45, 7) is 6.74. The van der Waals surface area contributed by atoms with Crippen molar-refractivity contribution in [2.45, 2.75) is 43.8 Å². The molecule has 38 heavy (non-hydrogen) atoms. The van der Waals surface area contributed by atoms with Crippen LogP contribution in [-0.4, -0.2) is 77.2 Å². The first-order chi connectivity index (χ1) is 18.2. The topological polar surface area (TPSA) is 75.5 Å². The van der Waals surface area contributed by atoms with Crippen molar-refractivity contribution < 1.29 is 8.42 Å². The van der Waals surface area contributed by atoms with Crippen LogP contribution in [0.4, 0.5) is 0 Å². The van der Waals surface area contributed by atoms with E-state index in [9.17, 15) is 13.2 Å². The Bertz CT molecular complexity index is 1480. The van der Waals surface area contributed by atoms with Gasteiger partial charge in [-0.25, -0.2) is 13.4 Å². The van der Waals surface area contributed by atoms with Crippen LogP contribution in [0.3, 0.4) is 0 Å². The zero-order valence-corrected chi connectivity index (χ0v) is 25.4. The summed E-state index contributed by atoms with van der Waals surface area (Å²) >= 11 is 11.9. The molecule has 5 rings (SSSR count). The lowest BCUT2D eigenvalue weighted by atomic mass is 10.1. The minimum absolute atomic E-state index is 0.0307. The van der Waals surface area contributed by atoms with Crippen LogP contribution in [0, 0.1) is 0 Å². The molecular weight excluding hydrogens is 608 g/mol. The lowest BCUT2D eigenvalue weighted by Gasteiger charge is -2.40. The first-order valence-corrected chi connectivity index (χ1v) is 17.0. The molecule has 3 heterocycles. The Kier molecular flexibility index (Phi) is 8.86. The van der Waals surface area contributed by atoms with Crippen molar-refractivity contribution in [1.29, 1.82) is 0 Å². The highest BCUT2D eigenvalue weighted by molar-refractivity contribution is 9.10. The molecule has 0 amide bonds. The maximum atomic E-state index is 13.4. The van der Waals surface area contributed by atoms with Crippen molar-refractivity contribution in [3.05, 3.63) is 67.6 Å². The third-order valence-corrected chi connectivity index (χ3v) is 11.4. The number of fused-ring (bicyclic) bond motifs is 1. The number of halogens is 2. The average molecular weight is 640 g/mol. The van der Waals surface area contributed by atoms with Crippen molar-refractivity contribution >= 4 is 60.0 Å². The van der Waals surface area contributed by atoms with Gasteiger partial charge in [0.2, 0.25) is 0 Å². The second-order valence-corrected chi connectivity index (χ2v) is 14.7. The maximum absolute atomic E-state index is 13.4. The molecule has 0 bridgehead atoms. The van der Waals surface area contributed by atoms with Gasteiger partial charge in [0.05, 0.1) is 34.4 Å². The molecule has 1 aromatic heterocycles. The minimum Gasteiger partial charge on any atom is -0.298 e. The van der Waals surface area contributed by atoms with Crippen LogP contribution in [0.1, 0.15) is 30.9 Å². The van der Waals surface area contributed by atoms with E-state index in [1.807, 2.05) is 12.1 Å². The number of hydrogen-bond acceptors (Lipinski definition) is 7. The number of rotatable bonds is 7. The monoisotopic (exact) mass is 638 g/mol. The SMILES string of the molecule is CCS(=O)(=O)c1ccc(Cl)cc1Cn1cnc2cc(CN3CCN(C4CCSCC4)CC3)c(Br)cc2c1=O.